The second-order valence-corrected chi connectivity index (χ2v) is 11.2. The van der Waals surface area contributed by atoms with E-state index in [4.69, 9.17) is 11.6 Å². The van der Waals surface area contributed by atoms with Gasteiger partial charge in [0, 0.05) is 11.6 Å². The van der Waals surface area contributed by atoms with Crippen molar-refractivity contribution in [1.29, 1.82) is 0 Å². The number of nitrogens with one attached hydrogen (secondary N) is 1. The number of sulfonamides is 1. The first-order valence-electron chi connectivity index (χ1n) is 10.2. The molecule has 1 saturated heterocycles. The van der Waals surface area contributed by atoms with Crippen LogP contribution in [0, 0.1) is 0 Å². The molecule has 1 N–H and O–H groups in total. The van der Waals surface area contributed by atoms with Crippen LogP contribution in [0.25, 0.3) is 0 Å². The van der Waals surface area contributed by atoms with Gasteiger partial charge < -0.3 is 5.32 Å². The summed E-state index contributed by atoms with van der Waals surface area (Å²) in [5.74, 6) is -0.266. The zero-order valence-electron chi connectivity index (χ0n) is 17.9. The quantitative estimate of drug-likeness (QED) is 0.722. The Labute approximate surface area is 184 Å². The zero-order chi connectivity index (χ0) is 22.1. The summed E-state index contributed by atoms with van der Waals surface area (Å²) in [4.78, 5) is 13.1. The molecule has 0 spiro atoms. The molecule has 0 radical (unpaired) electrons. The maximum atomic E-state index is 13.1. The molecule has 3 rings (SSSR count). The number of hydrogen-bond acceptors (Lipinski definition) is 3. The zero-order valence-corrected chi connectivity index (χ0v) is 19.4. The highest BCUT2D eigenvalue weighted by molar-refractivity contribution is 7.89. The summed E-state index contributed by atoms with van der Waals surface area (Å²) in [6.45, 7) is 8.71. The molecule has 5 nitrogen and oxygen atoms in total. The van der Waals surface area contributed by atoms with Gasteiger partial charge in [0.15, 0.2) is 0 Å². The van der Waals surface area contributed by atoms with Crippen LogP contribution < -0.4 is 5.32 Å². The molecule has 2 aromatic carbocycles. The fourth-order valence-corrected chi connectivity index (χ4v) is 5.48. The van der Waals surface area contributed by atoms with Gasteiger partial charge in [0.25, 0.3) is 0 Å². The molecule has 0 bridgehead atoms. The standard InChI is InChI=1S/C23H29ClN2O3S/c1-16(17-7-9-18(10-8-17)23(2,3)4)25-22(27)21-6-5-15-26(21)30(28,29)20-13-11-19(24)12-14-20/h7-14,16,21H,5-6,15H2,1-4H3,(H,25,27)/t16-,21-/m1/s1. The Hall–Kier alpha value is -1.89. The lowest BCUT2D eigenvalue weighted by molar-refractivity contribution is -0.124. The van der Waals surface area contributed by atoms with Gasteiger partial charge in [0.1, 0.15) is 6.04 Å². The highest BCUT2D eigenvalue weighted by Gasteiger charge is 2.39. The van der Waals surface area contributed by atoms with Crippen molar-refractivity contribution in [3.63, 3.8) is 0 Å². The first kappa shape index (κ1) is 22.8. The molecule has 1 fully saturated rings. The molecular formula is C23H29ClN2O3S. The third-order valence-corrected chi connectivity index (χ3v) is 7.74. The predicted molar refractivity (Wildman–Crippen MR) is 120 cm³/mol. The molecular weight excluding hydrogens is 420 g/mol. The molecule has 0 unspecified atom stereocenters. The Balaban J connectivity index is 1.73. The van der Waals surface area contributed by atoms with Gasteiger partial charge >= 0.3 is 0 Å². The Morgan fingerprint density at radius 2 is 1.70 bits per heavy atom. The van der Waals surface area contributed by atoms with Crippen molar-refractivity contribution >= 4 is 27.5 Å². The maximum absolute atomic E-state index is 13.1. The highest BCUT2D eigenvalue weighted by Crippen LogP contribution is 2.28. The summed E-state index contributed by atoms with van der Waals surface area (Å²) in [5, 5.41) is 3.46. The molecule has 30 heavy (non-hydrogen) atoms. The van der Waals surface area contributed by atoms with Crippen LogP contribution in [0.4, 0.5) is 0 Å². The summed E-state index contributed by atoms with van der Waals surface area (Å²) in [6, 6.07) is 13.3. The number of amides is 1. The van der Waals surface area contributed by atoms with Gasteiger partial charge in [-0.3, -0.25) is 4.79 Å². The van der Waals surface area contributed by atoms with Gasteiger partial charge in [-0.05, 0) is 60.6 Å². The molecule has 0 aliphatic carbocycles. The summed E-state index contributed by atoms with van der Waals surface area (Å²) >= 11 is 5.88. The minimum absolute atomic E-state index is 0.0609. The lowest BCUT2D eigenvalue weighted by Gasteiger charge is -2.25. The average molecular weight is 449 g/mol. The highest BCUT2D eigenvalue weighted by atomic mass is 35.5. The molecule has 0 saturated carbocycles. The van der Waals surface area contributed by atoms with E-state index < -0.39 is 16.1 Å². The lowest BCUT2D eigenvalue weighted by atomic mass is 9.86. The first-order valence-corrected chi connectivity index (χ1v) is 12.0. The van der Waals surface area contributed by atoms with Crippen LogP contribution in [0.3, 0.4) is 0 Å². The van der Waals surface area contributed by atoms with Crippen LogP contribution in [-0.2, 0) is 20.2 Å². The van der Waals surface area contributed by atoms with Crippen molar-refractivity contribution in [2.75, 3.05) is 6.54 Å². The van der Waals surface area contributed by atoms with E-state index in [2.05, 4.69) is 38.2 Å². The molecule has 1 aliphatic rings. The van der Waals surface area contributed by atoms with Gasteiger partial charge in [-0.1, -0.05) is 56.6 Å². The van der Waals surface area contributed by atoms with Crippen LogP contribution in [0.1, 0.15) is 57.7 Å². The Morgan fingerprint density at radius 1 is 1.10 bits per heavy atom. The monoisotopic (exact) mass is 448 g/mol. The van der Waals surface area contributed by atoms with E-state index in [1.165, 1.54) is 22.0 Å². The fourth-order valence-electron chi connectivity index (χ4n) is 3.70. The molecule has 1 amide bonds. The summed E-state index contributed by atoms with van der Waals surface area (Å²) in [7, 11) is -3.76. The van der Waals surface area contributed by atoms with Crippen molar-refractivity contribution in [3.8, 4) is 0 Å². The number of hydrogen-bond donors (Lipinski definition) is 1. The maximum Gasteiger partial charge on any atom is 0.243 e. The number of nitrogens with zero attached hydrogens (tertiary/aromatic N) is 1. The minimum atomic E-state index is -3.76. The van der Waals surface area contributed by atoms with Crippen LogP contribution in [0.5, 0.6) is 0 Å². The lowest BCUT2D eigenvalue weighted by Crippen LogP contribution is -2.46. The summed E-state index contributed by atoms with van der Waals surface area (Å²) < 4.78 is 27.4. The predicted octanol–water partition coefficient (Wildman–Crippen LogP) is 4.67. The second-order valence-electron chi connectivity index (χ2n) is 8.83. The second kappa shape index (κ2) is 8.69. The molecule has 0 aromatic heterocycles. The number of halogens is 1. The minimum Gasteiger partial charge on any atom is -0.348 e. The van der Waals surface area contributed by atoms with E-state index in [0.29, 0.717) is 24.4 Å². The van der Waals surface area contributed by atoms with Gasteiger partial charge in [0.05, 0.1) is 10.9 Å². The Morgan fingerprint density at radius 3 is 2.27 bits per heavy atom. The number of carbonyl (C=O) groups excluding carboxylic acids is 1. The van der Waals surface area contributed by atoms with Crippen molar-refractivity contribution in [2.45, 2.75) is 62.9 Å². The van der Waals surface area contributed by atoms with E-state index in [1.54, 1.807) is 12.1 Å². The van der Waals surface area contributed by atoms with Gasteiger partial charge in [-0.2, -0.15) is 4.31 Å². The number of carbonyl (C=O) groups is 1. The van der Waals surface area contributed by atoms with Gasteiger partial charge in [0.2, 0.25) is 15.9 Å². The van der Waals surface area contributed by atoms with Crippen LogP contribution in [0.15, 0.2) is 53.4 Å². The summed E-state index contributed by atoms with van der Waals surface area (Å²) in [5.41, 5.74) is 2.27. The van der Waals surface area contributed by atoms with E-state index in [0.717, 1.165) is 5.56 Å². The molecule has 1 heterocycles. The van der Waals surface area contributed by atoms with E-state index in [1.807, 2.05) is 19.1 Å². The van der Waals surface area contributed by atoms with E-state index in [-0.39, 0.29) is 22.3 Å². The third kappa shape index (κ3) is 4.88. The largest absolute Gasteiger partial charge is 0.348 e. The van der Waals surface area contributed by atoms with Crippen molar-refractivity contribution in [1.82, 2.24) is 9.62 Å². The molecule has 7 heteroatoms. The van der Waals surface area contributed by atoms with Gasteiger partial charge in [-0.25, -0.2) is 8.42 Å². The van der Waals surface area contributed by atoms with E-state index >= 15 is 0 Å². The van der Waals surface area contributed by atoms with E-state index in [9.17, 15) is 13.2 Å². The molecule has 2 atom stereocenters. The Kier molecular flexibility index (Phi) is 6.60. The molecule has 2 aromatic rings. The smallest absolute Gasteiger partial charge is 0.243 e. The van der Waals surface area contributed by atoms with Crippen LogP contribution in [0.2, 0.25) is 5.02 Å². The third-order valence-electron chi connectivity index (χ3n) is 5.56. The normalized spacial score (nSPS) is 18.9. The molecule has 1 aliphatic heterocycles. The van der Waals surface area contributed by atoms with Gasteiger partial charge in [-0.15, -0.1) is 0 Å². The van der Waals surface area contributed by atoms with Crippen molar-refractivity contribution in [2.24, 2.45) is 0 Å². The average Bonchev–Trinajstić information content (AvgIpc) is 3.18. The summed E-state index contributed by atoms with van der Waals surface area (Å²) in [6.07, 6.45) is 1.16. The van der Waals surface area contributed by atoms with Crippen LogP contribution in [-0.4, -0.2) is 31.2 Å². The number of benzene rings is 2. The Bertz CT molecular complexity index is 996. The molecule has 162 valence electrons. The van der Waals surface area contributed by atoms with Crippen LogP contribution >= 0.6 is 11.6 Å². The first-order chi connectivity index (χ1) is 14.0. The fraction of sp³-hybridized carbons (Fsp3) is 0.435. The van der Waals surface area contributed by atoms with Crippen molar-refractivity contribution < 1.29 is 13.2 Å². The topological polar surface area (TPSA) is 66.5 Å². The number of rotatable bonds is 5. The van der Waals surface area contributed by atoms with Crippen molar-refractivity contribution in [3.05, 3.63) is 64.7 Å². The SMILES string of the molecule is C[C@@H](NC(=O)[C@H]1CCCN1S(=O)(=O)c1ccc(Cl)cc1)c1ccc(C(C)(C)C)cc1.